The molecule has 0 atom stereocenters. The molecule has 146 valence electrons. The summed E-state index contributed by atoms with van der Waals surface area (Å²) in [5.41, 5.74) is 1.52. The number of benzene rings is 1. The van der Waals surface area contributed by atoms with Crippen molar-refractivity contribution in [3.05, 3.63) is 54.0 Å². The molecule has 1 aromatic carbocycles. The summed E-state index contributed by atoms with van der Waals surface area (Å²) in [4.78, 5) is 27.3. The maximum atomic E-state index is 12.6. The highest BCUT2D eigenvalue weighted by atomic mass is 16.2. The zero-order chi connectivity index (χ0) is 19.8. The Morgan fingerprint density at radius 1 is 1.14 bits per heavy atom. The average molecular weight is 378 g/mol. The maximum Gasteiger partial charge on any atom is 0.224 e. The third kappa shape index (κ3) is 5.05. The Morgan fingerprint density at radius 2 is 1.86 bits per heavy atom. The van der Waals surface area contributed by atoms with Crippen LogP contribution in [0.15, 0.2) is 42.7 Å². The molecule has 28 heavy (non-hydrogen) atoms. The van der Waals surface area contributed by atoms with Gasteiger partial charge in [0.2, 0.25) is 5.91 Å². The Labute approximate surface area is 166 Å². The number of anilines is 1. The van der Waals surface area contributed by atoms with Gasteiger partial charge >= 0.3 is 0 Å². The zero-order valence-electron chi connectivity index (χ0n) is 16.3. The molecule has 1 fully saturated rings. The molecular formula is C21H26N6O. The lowest BCUT2D eigenvalue weighted by Gasteiger charge is -2.35. The number of amides is 1. The van der Waals surface area contributed by atoms with Gasteiger partial charge in [-0.15, -0.1) is 0 Å². The van der Waals surface area contributed by atoms with Crippen LogP contribution in [0.2, 0.25) is 0 Å². The number of rotatable bonds is 7. The number of nitrogens with zero attached hydrogens (tertiary/aromatic N) is 6. The van der Waals surface area contributed by atoms with Crippen molar-refractivity contribution in [3.63, 3.8) is 0 Å². The van der Waals surface area contributed by atoms with E-state index in [0.29, 0.717) is 31.0 Å². The topological polar surface area (TPSA) is 76.4 Å². The number of carbonyl (C=O) groups is 1. The van der Waals surface area contributed by atoms with Crippen molar-refractivity contribution >= 4 is 11.7 Å². The molecule has 0 aliphatic carbocycles. The third-order valence-corrected chi connectivity index (χ3v) is 5.05. The van der Waals surface area contributed by atoms with Crippen molar-refractivity contribution in [1.82, 2.24) is 19.8 Å². The van der Waals surface area contributed by atoms with E-state index in [1.54, 1.807) is 12.4 Å². The van der Waals surface area contributed by atoms with Crippen molar-refractivity contribution in [2.75, 3.05) is 44.2 Å². The van der Waals surface area contributed by atoms with E-state index in [9.17, 15) is 10.1 Å². The molecule has 0 unspecified atom stereocenters. The first kappa shape index (κ1) is 19.8. The molecule has 0 N–H and O–H groups in total. The molecule has 0 radical (unpaired) electrons. The average Bonchev–Trinajstić information content (AvgIpc) is 2.77. The van der Waals surface area contributed by atoms with Crippen LogP contribution in [0, 0.1) is 11.3 Å². The van der Waals surface area contributed by atoms with E-state index in [2.05, 4.69) is 38.0 Å². The number of piperazine rings is 1. The molecule has 0 bridgehead atoms. The SMILES string of the molecule is CCN(Cc1ccccc1)C(=O)CCN1CCN(c2nccnc2C#N)CC1. The summed E-state index contributed by atoms with van der Waals surface area (Å²) in [6.07, 6.45) is 3.68. The van der Waals surface area contributed by atoms with Gasteiger partial charge in [0.25, 0.3) is 0 Å². The van der Waals surface area contributed by atoms with Crippen LogP contribution < -0.4 is 4.90 Å². The first-order valence-electron chi connectivity index (χ1n) is 9.71. The smallest absolute Gasteiger partial charge is 0.224 e. The minimum absolute atomic E-state index is 0.189. The van der Waals surface area contributed by atoms with Gasteiger partial charge in [-0.3, -0.25) is 9.69 Å². The zero-order valence-corrected chi connectivity index (χ0v) is 16.3. The highest BCUT2D eigenvalue weighted by Crippen LogP contribution is 2.16. The van der Waals surface area contributed by atoms with E-state index in [0.717, 1.165) is 38.3 Å². The minimum Gasteiger partial charge on any atom is -0.352 e. The van der Waals surface area contributed by atoms with Crippen molar-refractivity contribution in [3.8, 4) is 6.07 Å². The lowest BCUT2D eigenvalue weighted by molar-refractivity contribution is -0.132. The van der Waals surface area contributed by atoms with Gasteiger partial charge in [-0.1, -0.05) is 30.3 Å². The molecule has 2 aromatic rings. The van der Waals surface area contributed by atoms with E-state index >= 15 is 0 Å². The predicted octanol–water partition coefficient (Wildman–Crippen LogP) is 1.91. The number of hydrogen-bond acceptors (Lipinski definition) is 6. The Balaban J connectivity index is 1.47. The fraction of sp³-hybridized carbons (Fsp3) is 0.429. The lowest BCUT2D eigenvalue weighted by Crippen LogP contribution is -2.48. The maximum absolute atomic E-state index is 12.6. The van der Waals surface area contributed by atoms with Crippen molar-refractivity contribution < 1.29 is 4.79 Å². The monoisotopic (exact) mass is 378 g/mol. The van der Waals surface area contributed by atoms with Crippen LogP contribution in [0.25, 0.3) is 0 Å². The molecule has 7 nitrogen and oxygen atoms in total. The second kappa shape index (κ2) is 9.81. The molecule has 1 saturated heterocycles. The molecule has 2 heterocycles. The molecule has 0 spiro atoms. The molecule has 1 aromatic heterocycles. The fourth-order valence-corrected chi connectivity index (χ4v) is 3.42. The summed E-state index contributed by atoms with van der Waals surface area (Å²) in [5, 5.41) is 9.20. The summed E-state index contributed by atoms with van der Waals surface area (Å²) in [6.45, 7) is 7.40. The van der Waals surface area contributed by atoms with Crippen LogP contribution in [0.5, 0.6) is 0 Å². The van der Waals surface area contributed by atoms with Gasteiger partial charge in [0, 0.05) is 64.6 Å². The molecule has 1 amide bonds. The second-order valence-electron chi connectivity index (χ2n) is 6.81. The molecule has 7 heteroatoms. The van der Waals surface area contributed by atoms with Gasteiger partial charge in [0.05, 0.1) is 0 Å². The Morgan fingerprint density at radius 3 is 2.54 bits per heavy atom. The molecule has 1 aliphatic rings. The summed E-state index contributed by atoms with van der Waals surface area (Å²) in [7, 11) is 0. The molecular weight excluding hydrogens is 352 g/mol. The van der Waals surface area contributed by atoms with Crippen LogP contribution in [0.3, 0.4) is 0 Å². The van der Waals surface area contributed by atoms with Gasteiger partial charge in [0.15, 0.2) is 11.5 Å². The largest absolute Gasteiger partial charge is 0.352 e. The first-order valence-corrected chi connectivity index (χ1v) is 9.71. The number of aromatic nitrogens is 2. The van der Waals surface area contributed by atoms with Gasteiger partial charge in [-0.2, -0.15) is 5.26 Å². The van der Waals surface area contributed by atoms with E-state index in [-0.39, 0.29) is 5.91 Å². The van der Waals surface area contributed by atoms with Crippen LogP contribution in [0.1, 0.15) is 24.6 Å². The van der Waals surface area contributed by atoms with Crippen molar-refractivity contribution in [1.29, 1.82) is 5.26 Å². The first-order chi connectivity index (χ1) is 13.7. The quantitative estimate of drug-likeness (QED) is 0.733. The Kier molecular flexibility index (Phi) is 6.93. The number of nitriles is 1. The van der Waals surface area contributed by atoms with E-state index < -0.39 is 0 Å². The van der Waals surface area contributed by atoms with Crippen LogP contribution in [0.4, 0.5) is 5.82 Å². The Bertz CT molecular complexity index is 811. The van der Waals surface area contributed by atoms with Gasteiger partial charge < -0.3 is 9.80 Å². The van der Waals surface area contributed by atoms with E-state index in [1.165, 1.54) is 0 Å². The summed E-state index contributed by atoms with van der Waals surface area (Å²) in [5.74, 6) is 0.843. The highest BCUT2D eigenvalue weighted by molar-refractivity contribution is 5.76. The normalized spacial score (nSPS) is 14.5. The van der Waals surface area contributed by atoms with Gasteiger partial charge in [-0.25, -0.2) is 9.97 Å². The van der Waals surface area contributed by atoms with Crippen LogP contribution >= 0.6 is 0 Å². The van der Waals surface area contributed by atoms with Crippen molar-refractivity contribution in [2.24, 2.45) is 0 Å². The fourth-order valence-electron chi connectivity index (χ4n) is 3.42. The standard InChI is InChI=1S/C21H26N6O/c1-2-26(17-18-6-4-3-5-7-18)20(28)8-11-25-12-14-27(15-13-25)21-19(16-22)23-9-10-24-21/h3-7,9-10H,2,8,11-15,17H2,1H3. The molecule has 0 saturated carbocycles. The van der Waals surface area contributed by atoms with E-state index in [1.807, 2.05) is 30.0 Å². The number of hydrogen-bond donors (Lipinski definition) is 0. The number of carbonyl (C=O) groups excluding carboxylic acids is 1. The third-order valence-electron chi connectivity index (χ3n) is 5.05. The lowest BCUT2D eigenvalue weighted by atomic mass is 10.2. The predicted molar refractivity (Wildman–Crippen MR) is 108 cm³/mol. The van der Waals surface area contributed by atoms with Gasteiger partial charge in [0.1, 0.15) is 6.07 Å². The summed E-state index contributed by atoms with van der Waals surface area (Å²) in [6, 6.07) is 12.2. The summed E-state index contributed by atoms with van der Waals surface area (Å²) >= 11 is 0. The van der Waals surface area contributed by atoms with Crippen molar-refractivity contribution in [2.45, 2.75) is 19.9 Å². The summed E-state index contributed by atoms with van der Waals surface area (Å²) < 4.78 is 0. The van der Waals surface area contributed by atoms with Crippen LogP contribution in [-0.4, -0.2) is 64.9 Å². The van der Waals surface area contributed by atoms with E-state index in [4.69, 9.17) is 0 Å². The minimum atomic E-state index is 0.189. The Hall–Kier alpha value is -2.98. The second-order valence-corrected chi connectivity index (χ2v) is 6.81. The molecule has 3 rings (SSSR count). The molecule has 1 aliphatic heterocycles. The van der Waals surface area contributed by atoms with Crippen LogP contribution in [-0.2, 0) is 11.3 Å². The van der Waals surface area contributed by atoms with Gasteiger partial charge in [-0.05, 0) is 12.5 Å². The highest BCUT2D eigenvalue weighted by Gasteiger charge is 2.22.